The van der Waals surface area contributed by atoms with Gasteiger partial charge in [-0.05, 0) is 12.1 Å². The molecule has 3 nitrogen and oxygen atoms in total. The second kappa shape index (κ2) is 4.61. The van der Waals surface area contributed by atoms with Gasteiger partial charge in [0.1, 0.15) is 0 Å². The average molecular weight is 284 g/mol. The van der Waals surface area contributed by atoms with Gasteiger partial charge >= 0.3 is 6.18 Å². The molecule has 1 aromatic carbocycles. The molecule has 0 amide bonds. The third-order valence-corrected chi connectivity index (χ3v) is 3.05. The van der Waals surface area contributed by atoms with Crippen molar-refractivity contribution in [1.82, 2.24) is 9.55 Å². The van der Waals surface area contributed by atoms with Crippen LogP contribution in [0.25, 0.3) is 11.0 Å². The van der Waals surface area contributed by atoms with Crippen LogP contribution in [0.15, 0.2) is 24.3 Å². The number of carbonyl (C=O) groups is 1. The lowest BCUT2D eigenvalue weighted by Gasteiger charge is -2.18. The monoisotopic (exact) mass is 284 g/mol. The maximum atomic E-state index is 13.0. The zero-order chi connectivity index (χ0) is 15.1. The molecule has 0 fully saturated rings. The van der Waals surface area contributed by atoms with Crippen molar-refractivity contribution in [2.75, 3.05) is 0 Å². The average Bonchev–Trinajstić information content (AvgIpc) is 2.67. The van der Waals surface area contributed by atoms with Crippen LogP contribution in [0.4, 0.5) is 13.2 Å². The third-order valence-electron chi connectivity index (χ3n) is 3.05. The van der Waals surface area contributed by atoms with Crippen molar-refractivity contribution >= 4 is 16.8 Å². The van der Waals surface area contributed by atoms with E-state index in [1.807, 2.05) is 0 Å². The summed E-state index contributed by atoms with van der Waals surface area (Å²) in [7, 11) is 0. The van der Waals surface area contributed by atoms with Crippen molar-refractivity contribution in [3.05, 3.63) is 30.1 Å². The highest BCUT2D eigenvalue weighted by Gasteiger charge is 2.38. The topological polar surface area (TPSA) is 34.9 Å². The number of imidazole rings is 1. The molecular formula is C14H15F3N2O. The van der Waals surface area contributed by atoms with Gasteiger partial charge in [-0.25, -0.2) is 4.98 Å². The van der Waals surface area contributed by atoms with Gasteiger partial charge in [-0.15, -0.1) is 0 Å². The summed E-state index contributed by atoms with van der Waals surface area (Å²) in [5, 5.41) is 0. The maximum absolute atomic E-state index is 13.0. The molecule has 1 heterocycles. The molecule has 2 rings (SSSR count). The summed E-state index contributed by atoms with van der Waals surface area (Å²) in [6.45, 7) is 4.71. The molecule has 0 radical (unpaired) electrons. The van der Waals surface area contributed by atoms with Crippen LogP contribution >= 0.6 is 0 Å². The van der Waals surface area contributed by atoms with Crippen molar-refractivity contribution in [3.63, 3.8) is 0 Å². The first-order valence-electron chi connectivity index (χ1n) is 6.16. The Morgan fingerprint density at radius 2 is 1.80 bits per heavy atom. The Labute approximate surface area is 114 Å². The van der Waals surface area contributed by atoms with E-state index in [1.165, 1.54) is 12.1 Å². The number of fused-ring (bicyclic) bond motifs is 1. The van der Waals surface area contributed by atoms with Gasteiger partial charge in [0.15, 0.2) is 5.78 Å². The predicted octanol–water partition coefficient (Wildman–Crippen LogP) is 3.67. The molecule has 0 unspecified atom stereocenters. The minimum absolute atomic E-state index is 0.238. The molecule has 0 saturated carbocycles. The Kier molecular flexibility index (Phi) is 3.36. The van der Waals surface area contributed by atoms with Crippen LogP contribution in [0, 0.1) is 5.41 Å². The number of alkyl halides is 3. The fourth-order valence-corrected chi connectivity index (χ4v) is 1.83. The summed E-state index contributed by atoms with van der Waals surface area (Å²) >= 11 is 0. The summed E-state index contributed by atoms with van der Waals surface area (Å²) in [5.41, 5.74) is -0.146. The highest BCUT2D eigenvalue weighted by atomic mass is 19.4. The van der Waals surface area contributed by atoms with Crippen molar-refractivity contribution < 1.29 is 18.0 Å². The molecule has 0 aliphatic carbocycles. The number of rotatable bonds is 2. The molecule has 0 atom stereocenters. The summed E-state index contributed by atoms with van der Waals surface area (Å²) in [6, 6.07) is 6.28. The Morgan fingerprint density at radius 1 is 1.20 bits per heavy atom. The molecule has 2 aromatic rings. The fourth-order valence-electron chi connectivity index (χ4n) is 1.83. The van der Waals surface area contributed by atoms with E-state index in [1.54, 1.807) is 32.9 Å². The number of halogens is 3. The van der Waals surface area contributed by atoms with Gasteiger partial charge in [-0.1, -0.05) is 32.9 Å². The van der Waals surface area contributed by atoms with E-state index in [-0.39, 0.29) is 17.8 Å². The van der Waals surface area contributed by atoms with E-state index in [0.29, 0.717) is 5.52 Å². The lowest BCUT2D eigenvalue weighted by molar-refractivity contribution is -0.147. The smallest absolute Gasteiger partial charge is 0.313 e. The second-order valence-corrected chi connectivity index (χ2v) is 5.68. The predicted molar refractivity (Wildman–Crippen MR) is 69.2 cm³/mol. The van der Waals surface area contributed by atoms with Gasteiger partial charge < -0.3 is 4.57 Å². The quantitative estimate of drug-likeness (QED) is 0.843. The molecule has 108 valence electrons. The SMILES string of the molecule is CC(C)(C)C(=O)Cn1c(C(F)(F)F)nc2ccccc21. The Bertz CT molecular complexity index is 650. The van der Waals surface area contributed by atoms with Crippen LogP contribution in [0.3, 0.4) is 0 Å². The summed E-state index contributed by atoms with van der Waals surface area (Å²) < 4.78 is 40.1. The summed E-state index contributed by atoms with van der Waals surface area (Å²) in [4.78, 5) is 15.6. The number of benzene rings is 1. The Morgan fingerprint density at radius 3 is 2.35 bits per heavy atom. The van der Waals surface area contributed by atoms with Crippen LogP contribution < -0.4 is 0 Å². The van der Waals surface area contributed by atoms with Crippen LogP contribution in [0.2, 0.25) is 0 Å². The number of Topliss-reactive ketones (excluding diaryl/α,β-unsaturated/α-hetero) is 1. The summed E-state index contributed by atoms with van der Waals surface area (Å²) in [5.74, 6) is -1.30. The molecule has 20 heavy (non-hydrogen) atoms. The van der Waals surface area contributed by atoms with E-state index in [0.717, 1.165) is 4.57 Å². The highest BCUT2D eigenvalue weighted by Crippen LogP contribution is 2.32. The lowest BCUT2D eigenvalue weighted by atomic mass is 9.91. The first-order valence-corrected chi connectivity index (χ1v) is 6.16. The standard InChI is InChI=1S/C14H15F3N2O/c1-13(2,3)11(20)8-19-10-7-5-4-6-9(10)18-12(19)14(15,16)17/h4-7H,8H2,1-3H3. The van der Waals surface area contributed by atoms with Crippen molar-refractivity contribution in [2.24, 2.45) is 5.41 Å². The largest absolute Gasteiger partial charge is 0.449 e. The number of para-hydroxylation sites is 2. The van der Waals surface area contributed by atoms with Gasteiger partial charge in [-0.3, -0.25) is 4.79 Å². The minimum Gasteiger partial charge on any atom is -0.313 e. The van der Waals surface area contributed by atoms with Gasteiger partial charge in [-0.2, -0.15) is 13.2 Å². The van der Waals surface area contributed by atoms with Crippen LogP contribution in [-0.2, 0) is 17.5 Å². The molecule has 0 N–H and O–H groups in total. The van der Waals surface area contributed by atoms with Crippen LogP contribution in [-0.4, -0.2) is 15.3 Å². The number of nitrogens with zero attached hydrogens (tertiary/aromatic N) is 2. The zero-order valence-corrected chi connectivity index (χ0v) is 11.5. The van der Waals surface area contributed by atoms with Crippen LogP contribution in [0.5, 0.6) is 0 Å². The molecule has 1 aromatic heterocycles. The van der Waals surface area contributed by atoms with E-state index in [9.17, 15) is 18.0 Å². The minimum atomic E-state index is -4.59. The van der Waals surface area contributed by atoms with Crippen molar-refractivity contribution in [2.45, 2.75) is 33.5 Å². The van der Waals surface area contributed by atoms with Gasteiger partial charge in [0, 0.05) is 5.41 Å². The number of hydrogen-bond acceptors (Lipinski definition) is 2. The van der Waals surface area contributed by atoms with E-state index in [4.69, 9.17) is 0 Å². The van der Waals surface area contributed by atoms with E-state index < -0.39 is 17.4 Å². The Hall–Kier alpha value is -1.85. The number of carbonyl (C=O) groups excluding carboxylic acids is 1. The number of ketones is 1. The van der Waals surface area contributed by atoms with Gasteiger partial charge in [0.25, 0.3) is 0 Å². The molecule has 0 aliphatic rings. The maximum Gasteiger partial charge on any atom is 0.449 e. The second-order valence-electron chi connectivity index (χ2n) is 5.68. The van der Waals surface area contributed by atoms with E-state index >= 15 is 0 Å². The Balaban J connectivity index is 2.58. The van der Waals surface area contributed by atoms with E-state index in [2.05, 4.69) is 4.98 Å². The van der Waals surface area contributed by atoms with Crippen molar-refractivity contribution in [3.8, 4) is 0 Å². The van der Waals surface area contributed by atoms with Crippen LogP contribution in [0.1, 0.15) is 26.6 Å². The molecule has 0 bridgehead atoms. The molecule has 6 heteroatoms. The molecular weight excluding hydrogens is 269 g/mol. The highest BCUT2D eigenvalue weighted by molar-refractivity contribution is 5.86. The molecule has 0 spiro atoms. The third kappa shape index (κ3) is 2.69. The molecule has 0 saturated heterocycles. The normalized spacial score (nSPS) is 12.9. The van der Waals surface area contributed by atoms with Crippen molar-refractivity contribution in [1.29, 1.82) is 0 Å². The van der Waals surface area contributed by atoms with Gasteiger partial charge in [0.2, 0.25) is 5.82 Å². The number of aromatic nitrogens is 2. The summed E-state index contributed by atoms with van der Waals surface area (Å²) in [6.07, 6.45) is -4.59. The number of hydrogen-bond donors (Lipinski definition) is 0. The first-order chi connectivity index (χ1) is 9.10. The zero-order valence-electron chi connectivity index (χ0n) is 11.5. The van der Waals surface area contributed by atoms with Gasteiger partial charge in [0.05, 0.1) is 17.6 Å². The fraction of sp³-hybridized carbons (Fsp3) is 0.429. The lowest BCUT2D eigenvalue weighted by Crippen LogP contribution is -2.27. The first kappa shape index (κ1) is 14.6. The molecule has 0 aliphatic heterocycles.